The van der Waals surface area contributed by atoms with Gasteiger partial charge in [-0.3, -0.25) is 9.59 Å². The van der Waals surface area contributed by atoms with Gasteiger partial charge in [0.1, 0.15) is 0 Å². The smallest absolute Gasteiger partial charge is 0.239 e. The van der Waals surface area contributed by atoms with E-state index in [1.165, 1.54) is 17.4 Å². The monoisotopic (exact) mass is 260 g/mol. The molecule has 0 aliphatic carbocycles. The minimum atomic E-state index is -0.179. The minimum absolute atomic E-state index is 0.0665. The molecule has 0 unspecified atom stereocenters. The highest BCUT2D eigenvalue weighted by Gasteiger charge is 2.13. The topological polar surface area (TPSA) is 49.4 Å². The number of benzene rings is 1. The van der Waals surface area contributed by atoms with Crippen molar-refractivity contribution < 1.29 is 9.59 Å². The molecule has 0 heterocycles. The summed E-state index contributed by atoms with van der Waals surface area (Å²) >= 11 is 0. The molecular formula is C15H20N2O2. The van der Waals surface area contributed by atoms with Crippen molar-refractivity contribution in [2.45, 2.75) is 20.4 Å². The van der Waals surface area contributed by atoms with E-state index in [1.807, 2.05) is 31.2 Å². The van der Waals surface area contributed by atoms with Crippen LogP contribution in [-0.2, 0) is 16.1 Å². The molecule has 0 spiro atoms. The van der Waals surface area contributed by atoms with E-state index in [4.69, 9.17) is 0 Å². The number of carbonyl (C=O) groups excluding carboxylic acids is 2. The van der Waals surface area contributed by atoms with Crippen molar-refractivity contribution in [1.29, 1.82) is 0 Å². The van der Waals surface area contributed by atoms with Gasteiger partial charge in [-0.25, -0.2) is 0 Å². The Kier molecular flexibility index (Phi) is 5.79. The van der Waals surface area contributed by atoms with Crippen LogP contribution < -0.4 is 5.32 Å². The van der Waals surface area contributed by atoms with Gasteiger partial charge in [-0.05, 0) is 12.5 Å². The third-order valence-electron chi connectivity index (χ3n) is 2.72. The molecule has 0 atom stereocenters. The molecule has 4 nitrogen and oxygen atoms in total. The van der Waals surface area contributed by atoms with E-state index in [1.54, 1.807) is 6.08 Å². The Hall–Kier alpha value is -2.10. The lowest BCUT2D eigenvalue weighted by molar-refractivity contribution is -0.134. The highest BCUT2D eigenvalue weighted by molar-refractivity contribution is 5.83. The van der Waals surface area contributed by atoms with E-state index >= 15 is 0 Å². The zero-order valence-electron chi connectivity index (χ0n) is 11.5. The first-order valence-electron chi connectivity index (χ1n) is 6.21. The normalized spacial score (nSPS) is 9.79. The second-order valence-corrected chi connectivity index (χ2v) is 4.45. The van der Waals surface area contributed by atoms with Crippen molar-refractivity contribution >= 4 is 11.8 Å². The Balaban J connectivity index is 2.62. The molecule has 0 aliphatic heterocycles. The van der Waals surface area contributed by atoms with Gasteiger partial charge >= 0.3 is 0 Å². The summed E-state index contributed by atoms with van der Waals surface area (Å²) in [6.45, 7) is 7.92. The predicted molar refractivity (Wildman–Crippen MR) is 75.5 cm³/mol. The van der Waals surface area contributed by atoms with E-state index in [-0.39, 0.29) is 18.4 Å². The van der Waals surface area contributed by atoms with Crippen LogP contribution in [-0.4, -0.2) is 29.8 Å². The molecule has 0 aliphatic rings. The summed E-state index contributed by atoms with van der Waals surface area (Å²) in [7, 11) is 0. The molecule has 2 amide bonds. The molecule has 0 bridgehead atoms. The van der Waals surface area contributed by atoms with Crippen LogP contribution in [0.4, 0.5) is 0 Å². The van der Waals surface area contributed by atoms with E-state index in [9.17, 15) is 9.59 Å². The fourth-order valence-electron chi connectivity index (χ4n) is 1.61. The SMILES string of the molecule is C=CCNC(=O)CN(Cc1ccc(C)cc1)C(C)=O. The first kappa shape index (κ1) is 15.0. The van der Waals surface area contributed by atoms with Gasteiger partial charge in [0, 0.05) is 20.0 Å². The Morgan fingerprint density at radius 3 is 2.47 bits per heavy atom. The average molecular weight is 260 g/mol. The van der Waals surface area contributed by atoms with Gasteiger partial charge in [-0.2, -0.15) is 0 Å². The first-order chi connectivity index (χ1) is 9.02. The van der Waals surface area contributed by atoms with Gasteiger partial charge in [0.2, 0.25) is 11.8 Å². The molecule has 0 aromatic heterocycles. The molecule has 1 aromatic carbocycles. The Bertz CT molecular complexity index is 452. The van der Waals surface area contributed by atoms with Crippen LogP contribution in [0, 0.1) is 6.92 Å². The summed E-state index contributed by atoms with van der Waals surface area (Å²) < 4.78 is 0. The molecule has 0 radical (unpaired) electrons. The summed E-state index contributed by atoms with van der Waals surface area (Å²) in [5.41, 5.74) is 2.18. The second kappa shape index (κ2) is 7.36. The molecule has 1 rings (SSSR count). The van der Waals surface area contributed by atoms with E-state index in [0.29, 0.717) is 13.1 Å². The fraction of sp³-hybridized carbons (Fsp3) is 0.333. The van der Waals surface area contributed by atoms with Gasteiger partial charge in [0.05, 0.1) is 6.54 Å². The molecule has 0 saturated heterocycles. The predicted octanol–water partition coefficient (Wildman–Crippen LogP) is 1.65. The molecule has 102 valence electrons. The highest BCUT2D eigenvalue weighted by Crippen LogP contribution is 2.07. The summed E-state index contributed by atoms with van der Waals surface area (Å²) in [4.78, 5) is 24.7. The van der Waals surface area contributed by atoms with Crippen LogP contribution in [0.2, 0.25) is 0 Å². The molecule has 1 N–H and O–H groups in total. The zero-order valence-corrected chi connectivity index (χ0v) is 11.5. The molecule has 0 fully saturated rings. The second-order valence-electron chi connectivity index (χ2n) is 4.45. The summed E-state index contributed by atoms with van der Waals surface area (Å²) in [6, 6.07) is 7.91. The van der Waals surface area contributed by atoms with Crippen LogP contribution in [0.1, 0.15) is 18.1 Å². The standard InChI is InChI=1S/C15H20N2O2/c1-4-9-16-15(19)11-17(13(3)18)10-14-7-5-12(2)6-8-14/h4-8H,1,9-11H2,2-3H3,(H,16,19). The third-order valence-corrected chi connectivity index (χ3v) is 2.72. The zero-order chi connectivity index (χ0) is 14.3. The number of hydrogen-bond donors (Lipinski definition) is 1. The number of nitrogens with zero attached hydrogens (tertiary/aromatic N) is 1. The van der Waals surface area contributed by atoms with E-state index in [0.717, 1.165) is 5.56 Å². The quantitative estimate of drug-likeness (QED) is 0.791. The van der Waals surface area contributed by atoms with Gasteiger partial charge in [-0.1, -0.05) is 35.9 Å². The van der Waals surface area contributed by atoms with Crippen molar-refractivity contribution in [3.05, 3.63) is 48.0 Å². The lowest BCUT2D eigenvalue weighted by atomic mass is 10.1. The van der Waals surface area contributed by atoms with Gasteiger partial charge in [0.15, 0.2) is 0 Å². The molecule has 4 heteroatoms. The summed E-state index contributed by atoms with van der Waals surface area (Å²) in [5.74, 6) is -0.295. The first-order valence-corrected chi connectivity index (χ1v) is 6.21. The van der Waals surface area contributed by atoms with Crippen molar-refractivity contribution in [1.82, 2.24) is 10.2 Å². The fourth-order valence-corrected chi connectivity index (χ4v) is 1.61. The van der Waals surface area contributed by atoms with Gasteiger partial charge < -0.3 is 10.2 Å². The van der Waals surface area contributed by atoms with Crippen LogP contribution in [0.15, 0.2) is 36.9 Å². The van der Waals surface area contributed by atoms with Crippen LogP contribution in [0.3, 0.4) is 0 Å². The van der Waals surface area contributed by atoms with Gasteiger partial charge in [0.25, 0.3) is 0 Å². The summed E-state index contributed by atoms with van der Waals surface area (Å²) in [5, 5.41) is 2.66. The van der Waals surface area contributed by atoms with Crippen LogP contribution >= 0.6 is 0 Å². The maximum atomic E-state index is 11.6. The molecule has 19 heavy (non-hydrogen) atoms. The highest BCUT2D eigenvalue weighted by atomic mass is 16.2. The number of rotatable bonds is 6. The lowest BCUT2D eigenvalue weighted by Gasteiger charge is -2.20. The molecule has 1 aromatic rings. The van der Waals surface area contributed by atoms with Gasteiger partial charge in [-0.15, -0.1) is 6.58 Å². The maximum Gasteiger partial charge on any atom is 0.239 e. The van der Waals surface area contributed by atoms with E-state index < -0.39 is 0 Å². The van der Waals surface area contributed by atoms with E-state index in [2.05, 4.69) is 11.9 Å². The number of amides is 2. The number of carbonyl (C=O) groups is 2. The minimum Gasteiger partial charge on any atom is -0.351 e. The number of aryl methyl sites for hydroxylation is 1. The molecular weight excluding hydrogens is 240 g/mol. The third kappa shape index (κ3) is 5.38. The van der Waals surface area contributed by atoms with Crippen molar-refractivity contribution in [2.75, 3.05) is 13.1 Å². The number of nitrogens with one attached hydrogen (secondary N) is 1. The van der Waals surface area contributed by atoms with Crippen LogP contribution in [0.5, 0.6) is 0 Å². The largest absolute Gasteiger partial charge is 0.351 e. The average Bonchev–Trinajstić information content (AvgIpc) is 2.38. The summed E-state index contributed by atoms with van der Waals surface area (Å²) in [6.07, 6.45) is 1.61. The Labute approximate surface area is 114 Å². The van der Waals surface area contributed by atoms with Crippen molar-refractivity contribution in [3.63, 3.8) is 0 Å². The Morgan fingerprint density at radius 1 is 1.32 bits per heavy atom. The maximum absolute atomic E-state index is 11.6. The lowest BCUT2D eigenvalue weighted by Crippen LogP contribution is -2.39. The van der Waals surface area contributed by atoms with Crippen LogP contribution in [0.25, 0.3) is 0 Å². The van der Waals surface area contributed by atoms with Crippen molar-refractivity contribution in [3.8, 4) is 0 Å². The number of hydrogen-bond acceptors (Lipinski definition) is 2. The van der Waals surface area contributed by atoms with Crippen molar-refractivity contribution in [2.24, 2.45) is 0 Å². The Morgan fingerprint density at radius 2 is 1.95 bits per heavy atom. The molecule has 0 saturated carbocycles.